The van der Waals surface area contributed by atoms with E-state index in [-0.39, 0.29) is 40.2 Å². The van der Waals surface area contributed by atoms with Gasteiger partial charge in [-0.2, -0.15) is 0 Å². The summed E-state index contributed by atoms with van der Waals surface area (Å²) >= 11 is 12.9. The first-order valence-corrected chi connectivity index (χ1v) is 17.5. The first-order valence-electron chi connectivity index (χ1n) is 15.3. The molecule has 11 heteroatoms. The number of nitrogens with one attached hydrogen (secondary N) is 1. The SMILES string of the molecule is CCCCNC(=O)[C@H](Cc1ccccc1)N(Cc1ccccc1Cl)C(=O)CN(c1cc(Cl)ccc1OC)S(=O)(=O)c1ccc(C)cc1. The van der Waals surface area contributed by atoms with Crippen molar-refractivity contribution in [3.05, 3.63) is 124 Å². The van der Waals surface area contributed by atoms with Gasteiger partial charge in [0, 0.05) is 29.6 Å². The molecule has 0 radical (unpaired) electrons. The first-order chi connectivity index (χ1) is 22.5. The normalized spacial score (nSPS) is 11.9. The Kier molecular flexibility index (Phi) is 12.7. The van der Waals surface area contributed by atoms with Gasteiger partial charge in [-0.1, -0.05) is 103 Å². The Hall–Kier alpha value is -4.05. The Balaban J connectivity index is 1.85. The molecule has 0 spiro atoms. The summed E-state index contributed by atoms with van der Waals surface area (Å²) in [5.41, 5.74) is 2.39. The zero-order valence-electron chi connectivity index (χ0n) is 26.7. The maximum Gasteiger partial charge on any atom is 0.264 e. The quantitative estimate of drug-likeness (QED) is 0.134. The predicted molar refractivity (Wildman–Crippen MR) is 188 cm³/mol. The molecule has 0 fully saturated rings. The Morgan fingerprint density at radius 2 is 1.60 bits per heavy atom. The Morgan fingerprint density at radius 1 is 0.915 bits per heavy atom. The van der Waals surface area contributed by atoms with Crippen molar-refractivity contribution in [2.45, 2.75) is 50.6 Å². The van der Waals surface area contributed by atoms with Crippen molar-refractivity contribution in [2.75, 3.05) is 24.5 Å². The van der Waals surface area contributed by atoms with E-state index in [9.17, 15) is 18.0 Å². The summed E-state index contributed by atoms with van der Waals surface area (Å²) in [6.07, 6.45) is 1.83. The molecule has 0 aromatic heterocycles. The van der Waals surface area contributed by atoms with Gasteiger partial charge in [0.2, 0.25) is 11.8 Å². The molecule has 0 bridgehead atoms. The van der Waals surface area contributed by atoms with E-state index in [1.54, 1.807) is 48.5 Å². The third kappa shape index (κ3) is 9.28. The standard InChI is InChI=1S/C36H39Cl2N3O5S/c1-4-5-21-39-36(43)33(22-27-11-7-6-8-12-27)40(24-28-13-9-10-14-31(28)38)35(42)25-41(32-23-29(37)17-20-34(32)46-3)47(44,45)30-18-15-26(2)16-19-30/h6-20,23,33H,4-5,21-22,24-25H2,1-3H3,(H,39,43)/t33-/m0/s1. The number of halogens is 2. The van der Waals surface area contributed by atoms with Crippen molar-refractivity contribution in [3.8, 4) is 5.75 Å². The number of carbonyl (C=O) groups is 2. The topological polar surface area (TPSA) is 96.0 Å². The molecule has 8 nitrogen and oxygen atoms in total. The van der Waals surface area contributed by atoms with Gasteiger partial charge in [0.25, 0.3) is 10.0 Å². The van der Waals surface area contributed by atoms with Gasteiger partial charge in [-0.05, 0) is 60.9 Å². The fraction of sp³-hybridized carbons (Fsp3) is 0.278. The van der Waals surface area contributed by atoms with Crippen molar-refractivity contribution in [1.82, 2.24) is 10.2 Å². The average Bonchev–Trinajstić information content (AvgIpc) is 3.06. The molecule has 1 atom stereocenters. The smallest absolute Gasteiger partial charge is 0.264 e. The van der Waals surface area contributed by atoms with Crippen LogP contribution in [0.25, 0.3) is 0 Å². The van der Waals surface area contributed by atoms with Crippen molar-refractivity contribution in [3.63, 3.8) is 0 Å². The number of hydrogen-bond donors (Lipinski definition) is 1. The molecule has 0 unspecified atom stereocenters. The molecular weight excluding hydrogens is 657 g/mol. The van der Waals surface area contributed by atoms with Crippen LogP contribution in [-0.4, -0.2) is 51.4 Å². The summed E-state index contributed by atoms with van der Waals surface area (Å²) in [6.45, 7) is 3.62. The lowest BCUT2D eigenvalue weighted by atomic mass is 10.0. The summed E-state index contributed by atoms with van der Waals surface area (Å²) in [5, 5.41) is 3.64. The van der Waals surface area contributed by atoms with Gasteiger partial charge < -0.3 is 15.0 Å². The van der Waals surface area contributed by atoms with Crippen molar-refractivity contribution < 1.29 is 22.7 Å². The molecular formula is C36H39Cl2N3O5S. The fourth-order valence-electron chi connectivity index (χ4n) is 5.08. The van der Waals surface area contributed by atoms with E-state index in [4.69, 9.17) is 27.9 Å². The molecule has 4 rings (SSSR count). The zero-order chi connectivity index (χ0) is 34.0. The molecule has 0 saturated carbocycles. The highest BCUT2D eigenvalue weighted by Crippen LogP contribution is 2.35. The van der Waals surface area contributed by atoms with Crippen LogP contribution in [0.1, 0.15) is 36.5 Å². The largest absolute Gasteiger partial charge is 0.495 e. The van der Waals surface area contributed by atoms with Crippen LogP contribution >= 0.6 is 23.2 Å². The zero-order valence-corrected chi connectivity index (χ0v) is 29.0. The Morgan fingerprint density at radius 3 is 2.26 bits per heavy atom. The highest BCUT2D eigenvalue weighted by Gasteiger charge is 2.36. The number of sulfonamides is 1. The number of aryl methyl sites for hydroxylation is 1. The van der Waals surface area contributed by atoms with Crippen LogP contribution in [0.3, 0.4) is 0 Å². The third-order valence-corrected chi connectivity index (χ3v) is 10.1. The molecule has 0 aliphatic heterocycles. The molecule has 4 aromatic rings. The number of rotatable bonds is 15. The second kappa shape index (κ2) is 16.7. The Labute approximate surface area is 287 Å². The van der Waals surface area contributed by atoms with Gasteiger partial charge in [0.1, 0.15) is 18.3 Å². The third-order valence-electron chi connectivity index (χ3n) is 7.70. The van der Waals surface area contributed by atoms with Gasteiger partial charge in [-0.15, -0.1) is 0 Å². The minimum atomic E-state index is -4.33. The maximum absolute atomic E-state index is 14.6. The van der Waals surface area contributed by atoms with E-state index in [1.807, 2.05) is 44.2 Å². The number of unbranched alkanes of at least 4 members (excludes halogenated alkanes) is 1. The summed E-state index contributed by atoms with van der Waals surface area (Å²) in [5.74, 6) is -0.765. The lowest BCUT2D eigenvalue weighted by Crippen LogP contribution is -2.53. The number of nitrogens with zero attached hydrogens (tertiary/aromatic N) is 2. The van der Waals surface area contributed by atoms with Crippen LogP contribution < -0.4 is 14.4 Å². The number of ether oxygens (including phenoxy) is 1. The second-order valence-electron chi connectivity index (χ2n) is 11.1. The van der Waals surface area contributed by atoms with Crippen LogP contribution in [0.15, 0.2) is 102 Å². The van der Waals surface area contributed by atoms with Gasteiger partial charge >= 0.3 is 0 Å². The fourth-order valence-corrected chi connectivity index (χ4v) is 6.86. The van der Waals surface area contributed by atoms with E-state index in [0.717, 1.165) is 28.3 Å². The molecule has 4 aromatic carbocycles. The number of benzene rings is 4. The maximum atomic E-state index is 14.6. The van der Waals surface area contributed by atoms with Crippen LogP contribution in [0.2, 0.25) is 10.0 Å². The van der Waals surface area contributed by atoms with E-state index in [2.05, 4.69) is 5.32 Å². The molecule has 0 heterocycles. The van der Waals surface area contributed by atoms with Crippen molar-refractivity contribution in [2.24, 2.45) is 0 Å². The van der Waals surface area contributed by atoms with Gasteiger partial charge in [0.05, 0.1) is 17.7 Å². The van der Waals surface area contributed by atoms with Gasteiger partial charge in [-0.3, -0.25) is 13.9 Å². The minimum Gasteiger partial charge on any atom is -0.495 e. The summed E-state index contributed by atoms with van der Waals surface area (Å²) in [6, 6.07) is 26.3. The molecule has 248 valence electrons. The molecule has 47 heavy (non-hydrogen) atoms. The lowest BCUT2D eigenvalue weighted by molar-refractivity contribution is -0.140. The Bertz CT molecular complexity index is 1770. The molecule has 0 aliphatic carbocycles. The average molecular weight is 697 g/mol. The van der Waals surface area contributed by atoms with E-state index in [0.29, 0.717) is 17.1 Å². The lowest BCUT2D eigenvalue weighted by Gasteiger charge is -2.34. The minimum absolute atomic E-state index is 0.0197. The molecule has 2 amide bonds. The van der Waals surface area contributed by atoms with E-state index >= 15 is 0 Å². The van der Waals surface area contributed by atoms with Gasteiger partial charge in [-0.25, -0.2) is 8.42 Å². The predicted octanol–water partition coefficient (Wildman–Crippen LogP) is 7.06. The van der Waals surface area contributed by atoms with Crippen LogP contribution in [0.5, 0.6) is 5.75 Å². The van der Waals surface area contributed by atoms with Crippen molar-refractivity contribution >= 4 is 50.7 Å². The number of anilines is 1. The molecule has 0 aliphatic rings. The molecule has 0 saturated heterocycles. The summed E-state index contributed by atoms with van der Waals surface area (Å²) in [4.78, 5) is 29.9. The van der Waals surface area contributed by atoms with E-state index < -0.39 is 28.5 Å². The number of carbonyl (C=O) groups excluding carboxylic acids is 2. The highest BCUT2D eigenvalue weighted by molar-refractivity contribution is 7.92. The summed E-state index contributed by atoms with van der Waals surface area (Å²) in [7, 11) is -2.92. The van der Waals surface area contributed by atoms with Crippen molar-refractivity contribution in [1.29, 1.82) is 0 Å². The monoisotopic (exact) mass is 695 g/mol. The highest BCUT2D eigenvalue weighted by atomic mass is 35.5. The van der Waals surface area contributed by atoms with E-state index in [1.165, 1.54) is 30.2 Å². The van der Waals surface area contributed by atoms with Crippen LogP contribution in [0.4, 0.5) is 5.69 Å². The molecule has 1 N–H and O–H groups in total. The van der Waals surface area contributed by atoms with Gasteiger partial charge in [0.15, 0.2) is 0 Å². The number of hydrogen-bond acceptors (Lipinski definition) is 5. The second-order valence-corrected chi connectivity index (χ2v) is 13.8. The van der Waals surface area contributed by atoms with Crippen LogP contribution in [0, 0.1) is 6.92 Å². The number of methoxy groups -OCH3 is 1. The first kappa shape index (κ1) is 35.8. The van der Waals surface area contributed by atoms with Crippen LogP contribution in [-0.2, 0) is 32.6 Å². The summed E-state index contributed by atoms with van der Waals surface area (Å²) < 4.78 is 35.2. The number of amides is 2.